The Morgan fingerprint density at radius 2 is 2.00 bits per heavy atom. The number of rotatable bonds is 4. The van der Waals surface area contributed by atoms with Crippen LogP contribution >= 0.6 is 0 Å². The smallest absolute Gasteiger partial charge is 0.225 e. The summed E-state index contributed by atoms with van der Waals surface area (Å²) in [6.45, 7) is 6.36. The van der Waals surface area contributed by atoms with Gasteiger partial charge >= 0.3 is 0 Å². The van der Waals surface area contributed by atoms with Crippen molar-refractivity contribution in [1.82, 2.24) is 5.32 Å². The quantitative estimate of drug-likeness (QED) is 0.787. The fourth-order valence-corrected chi connectivity index (χ4v) is 3.83. The monoisotopic (exact) mass is 238 g/mol. The van der Waals surface area contributed by atoms with Crippen molar-refractivity contribution in [3.63, 3.8) is 0 Å². The molecule has 17 heavy (non-hydrogen) atoms. The van der Waals surface area contributed by atoms with E-state index in [0.717, 1.165) is 12.8 Å². The van der Waals surface area contributed by atoms with E-state index in [1.807, 2.05) is 0 Å². The zero-order valence-electron chi connectivity index (χ0n) is 11.3. The highest BCUT2D eigenvalue weighted by Gasteiger charge is 2.49. The predicted octanol–water partition coefficient (Wildman–Crippen LogP) is 2.05. The van der Waals surface area contributed by atoms with Gasteiger partial charge in [-0.05, 0) is 51.4 Å². The molecular weight excluding hydrogens is 212 g/mol. The van der Waals surface area contributed by atoms with Crippen LogP contribution in [0.15, 0.2) is 0 Å². The van der Waals surface area contributed by atoms with Crippen molar-refractivity contribution in [2.24, 2.45) is 23.5 Å². The molecule has 2 saturated carbocycles. The summed E-state index contributed by atoms with van der Waals surface area (Å²) < 4.78 is 0. The third-order valence-corrected chi connectivity index (χ3v) is 4.62. The lowest BCUT2D eigenvalue weighted by molar-refractivity contribution is -0.128. The predicted molar refractivity (Wildman–Crippen MR) is 69.4 cm³/mol. The molecule has 0 aromatic rings. The molecule has 0 aromatic heterocycles. The van der Waals surface area contributed by atoms with E-state index in [4.69, 9.17) is 5.73 Å². The van der Waals surface area contributed by atoms with E-state index in [9.17, 15) is 4.79 Å². The number of carbonyl (C=O) groups is 1. The van der Waals surface area contributed by atoms with Gasteiger partial charge in [0.1, 0.15) is 0 Å². The van der Waals surface area contributed by atoms with Gasteiger partial charge in [-0.1, -0.05) is 13.3 Å². The van der Waals surface area contributed by atoms with Crippen LogP contribution in [-0.2, 0) is 4.79 Å². The fourth-order valence-electron chi connectivity index (χ4n) is 3.83. The van der Waals surface area contributed by atoms with E-state index in [2.05, 4.69) is 26.1 Å². The Morgan fingerprint density at radius 3 is 2.53 bits per heavy atom. The van der Waals surface area contributed by atoms with Crippen molar-refractivity contribution in [3.8, 4) is 0 Å². The number of nitrogens with one attached hydrogen (secondary N) is 1. The van der Waals surface area contributed by atoms with Gasteiger partial charge in [0.05, 0.1) is 5.92 Å². The van der Waals surface area contributed by atoms with Gasteiger partial charge in [0.15, 0.2) is 0 Å². The van der Waals surface area contributed by atoms with Crippen LogP contribution in [0.4, 0.5) is 0 Å². The molecular formula is C14H26N2O. The fraction of sp³-hybridized carbons (Fsp3) is 0.929. The Labute approximate surface area is 105 Å². The van der Waals surface area contributed by atoms with Gasteiger partial charge in [0.2, 0.25) is 5.91 Å². The molecule has 1 amide bonds. The molecule has 2 aliphatic rings. The number of carbonyl (C=O) groups excluding carboxylic acids is 1. The summed E-state index contributed by atoms with van der Waals surface area (Å²) in [5.74, 6) is 1.42. The summed E-state index contributed by atoms with van der Waals surface area (Å²) >= 11 is 0. The summed E-state index contributed by atoms with van der Waals surface area (Å²) in [4.78, 5) is 12.3. The minimum Gasteiger partial charge on any atom is -0.351 e. The van der Waals surface area contributed by atoms with Crippen LogP contribution < -0.4 is 11.1 Å². The first kappa shape index (κ1) is 12.9. The van der Waals surface area contributed by atoms with Crippen LogP contribution in [0.2, 0.25) is 0 Å². The van der Waals surface area contributed by atoms with E-state index >= 15 is 0 Å². The zero-order chi connectivity index (χ0) is 12.6. The van der Waals surface area contributed by atoms with E-state index in [-0.39, 0.29) is 23.4 Å². The van der Waals surface area contributed by atoms with Crippen LogP contribution in [-0.4, -0.2) is 17.5 Å². The summed E-state index contributed by atoms with van der Waals surface area (Å²) in [6.07, 6.45) is 5.72. The summed E-state index contributed by atoms with van der Waals surface area (Å²) in [5.41, 5.74) is 6.11. The van der Waals surface area contributed by atoms with Gasteiger partial charge in [-0.25, -0.2) is 0 Å². The van der Waals surface area contributed by atoms with Crippen LogP contribution in [0.5, 0.6) is 0 Å². The molecule has 0 radical (unpaired) electrons. The molecule has 3 heteroatoms. The largest absolute Gasteiger partial charge is 0.351 e. The lowest BCUT2D eigenvalue weighted by atomic mass is 9.83. The lowest BCUT2D eigenvalue weighted by Crippen LogP contribution is -2.51. The van der Waals surface area contributed by atoms with E-state index < -0.39 is 0 Å². The molecule has 0 aliphatic heterocycles. The standard InChI is InChI=1S/C14H26N2O/c1-4-7-14(2,3)16-13(17)11-9-5-6-10(8-9)12(11)15/h9-12H,4-8,15H2,1-3H3,(H,16,17). The lowest BCUT2D eigenvalue weighted by Gasteiger charge is -2.32. The van der Waals surface area contributed by atoms with E-state index in [1.54, 1.807) is 0 Å². The third-order valence-electron chi connectivity index (χ3n) is 4.62. The summed E-state index contributed by atoms with van der Waals surface area (Å²) in [5, 5.41) is 3.20. The first-order valence-electron chi connectivity index (χ1n) is 7.02. The average molecular weight is 238 g/mol. The highest BCUT2D eigenvalue weighted by molar-refractivity contribution is 5.81. The van der Waals surface area contributed by atoms with Crippen molar-refractivity contribution >= 4 is 5.91 Å². The van der Waals surface area contributed by atoms with Crippen LogP contribution in [0, 0.1) is 17.8 Å². The van der Waals surface area contributed by atoms with Crippen molar-refractivity contribution in [3.05, 3.63) is 0 Å². The molecule has 2 bridgehead atoms. The van der Waals surface area contributed by atoms with Gasteiger partial charge in [-0.15, -0.1) is 0 Å². The Hall–Kier alpha value is -0.570. The van der Waals surface area contributed by atoms with Crippen LogP contribution in [0.3, 0.4) is 0 Å². The first-order chi connectivity index (χ1) is 7.94. The second-order valence-electron chi connectivity index (χ2n) is 6.56. The second kappa shape index (κ2) is 4.60. The SMILES string of the molecule is CCCC(C)(C)NC(=O)C1C2CCC(C2)C1N. The second-order valence-corrected chi connectivity index (χ2v) is 6.56. The van der Waals surface area contributed by atoms with Crippen molar-refractivity contribution in [2.45, 2.75) is 64.5 Å². The van der Waals surface area contributed by atoms with Crippen molar-refractivity contribution < 1.29 is 4.79 Å². The Balaban J connectivity index is 1.97. The summed E-state index contributed by atoms with van der Waals surface area (Å²) in [7, 11) is 0. The molecule has 0 heterocycles. The molecule has 3 N–H and O–H groups in total. The average Bonchev–Trinajstić information content (AvgIpc) is 2.75. The molecule has 4 unspecified atom stereocenters. The minimum absolute atomic E-state index is 0.0740. The Morgan fingerprint density at radius 1 is 1.35 bits per heavy atom. The number of amides is 1. The molecule has 2 fully saturated rings. The van der Waals surface area contributed by atoms with E-state index in [1.165, 1.54) is 19.3 Å². The maximum atomic E-state index is 12.3. The van der Waals surface area contributed by atoms with Gasteiger partial charge in [0.25, 0.3) is 0 Å². The molecule has 0 saturated heterocycles. The highest BCUT2D eigenvalue weighted by Crippen LogP contribution is 2.47. The van der Waals surface area contributed by atoms with Crippen molar-refractivity contribution in [1.29, 1.82) is 0 Å². The number of nitrogens with two attached hydrogens (primary N) is 1. The third kappa shape index (κ3) is 2.49. The number of hydrogen-bond acceptors (Lipinski definition) is 2. The Kier molecular flexibility index (Phi) is 3.48. The molecule has 2 aliphatic carbocycles. The first-order valence-corrected chi connectivity index (χ1v) is 7.02. The number of fused-ring (bicyclic) bond motifs is 2. The van der Waals surface area contributed by atoms with Crippen molar-refractivity contribution in [2.75, 3.05) is 0 Å². The molecule has 4 atom stereocenters. The maximum absolute atomic E-state index is 12.3. The topological polar surface area (TPSA) is 55.1 Å². The normalized spacial score (nSPS) is 36.2. The van der Waals surface area contributed by atoms with Gasteiger partial charge in [0, 0.05) is 11.6 Å². The molecule has 98 valence electrons. The van der Waals surface area contributed by atoms with E-state index in [0.29, 0.717) is 11.8 Å². The molecule has 2 rings (SSSR count). The molecule has 0 aromatic carbocycles. The van der Waals surface area contributed by atoms with Gasteiger partial charge in [-0.2, -0.15) is 0 Å². The number of hydrogen-bond donors (Lipinski definition) is 2. The van der Waals surface area contributed by atoms with Gasteiger partial charge in [-0.3, -0.25) is 4.79 Å². The van der Waals surface area contributed by atoms with Crippen LogP contribution in [0.25, 0.3) is 0 Å². The molecule has 0 spiro atoms. The maximum Gasteiger partial charge on any atom is 0.225 e. The van der Waals surface area contributed by atoms with Gasteiger partial charge < -0.3 is 11.1 Å². The molecule has 3 nitrogen and oxygen atoms in total. The van der Waals surface area contributed by atoms with Crippen LogP contribution in [0.1, 0.15) is 52.9 Å². The highest BCUT2D eigenvalue weighted by atomic mass is 16.2. The summed E-state index contributed by atoms with van der Waals surface area (Å²) in [6, 6.07) is 0.103. The zero-order valence-corrected chi connectivity index (χ0v) is 11.3. The minimum atomic E-state index is -0.0899. The Bertz CT molecular complexity index is 299.